The summed E-state index contributed by atoms with van der Waals surface area (Å²) in [5.74, 6) is -0.687. The number of imide groups is 1. The number of hydrogen-bond acceptors (Lipinski definition) is 6. The predicted molar refractivity (Wildman–Crippen MR) is 109 cm³/mol. The molecule has 0 unspecified atom stereocenters. The molecule has 0 radical (unpaired) electrons. The van der Waals surface area contributed by atoms with Crippen molar-refractivity contribution in [3.63, 3.8) is 0 Å². The number of fused-ring (bicyclic) bond motifs is 1. The van der Waals surface area contributed by atoms with Gasteiger partial charge in [0.25, 0.3) is 17.1 Å². The monoisotopic (exact) mass is 448 g/mol. The molecule has 2 aliphatic heterocycles. The van der Waals surface area contributed by atoms with Crippen molar-refractivity contribution < 1.29 is 28.2 Å². The Balaban J connectivity index is 1.38. The molecule has 1 fully saturated rings. The highest BCUT2D eigenvalue weighted by Crippen LogP contribution is 2.36. The Labute approximate surface area is 179 Å². The minimum Gasteiger partial charge on any atom is -0.454 e. The molecule has 2 aromatic rings. The van der Waals surface area contributed by atoms with Crippen molar-refractivity contribution >= 4 is 46.5 Å². The van der Waals surface area contributed by atoms with Crippen molar-refractivity contribution in [3.05, 3.63) is 63.3 Å². The molecule has 154 valence electrons. The van der Waals surface area contributed by atoms with Gasteiger partial charge in [0.2, 0.25) is 6.79 Å². The lowest BCUT2D eigenvalue weighted by Crippen LogP contribution is -2.37. The van der Waals surface area contributed by atoms with E-state index in [4.69, 9.17) is 21.1 Å². The minimum atomic E-state index is -0.752. The van der Waals surface area contributed by atoms with Crippen molar-refractivity contribution in [3.8, 4) is 11.5 Å². The molecule has 2 heterocycles. The third kappa shape index (κ3) is 4.12. The average molecular weight is 449 g/mol. The summed E-state index contributed by atoms with van der Waals surface area (Å²) in [5, 5.41) is 2.22. The highest BCUT2D eigenvalue weighted by molar-refractivity contribution is 8.18. The summed E-state index contributed by atoms with van der Waals surface area (Å²) in [4.78, 5) is 38.1. The second kappa shape index (κ2) is 8.37. The van der Waals surface area contributed by atoms with Crippen LogP contribution < -0.4 is 14.8 Å². The summed E-state index contributed by atoms with van der Waals surface area (Å²) in [7, 11) is 0. The lowest BCUT2D eigenvalue weighted by molar-refractivity contribution is -0.122. The molecule has 30 heavy (non-hydrogen) atoms. The maximum Gasteiger partial charge on any atom is 0.293 e. The largest absolute Gasteiger partial charge is 0.454 e. The van der Waals surface area contributed by atoms with Crippen LogP contribution in [0.3, 0.4) is 0 Å². The normalized spacial score (nSPS) is 16.5. The molecule has 1 saturated heterocycles. The van der Waals surface area contributed by atoms with Crippen LogP contribution in [0, 0.1) is 5.82 Å². The summed E-state index contributed by atoms with van der Waals surface area (Å²) in [6.07, 6.45) is 1.59. The van der Waals surface area contributed by atoms with Gasteiger partial charge in [-0.3, -0.25) is 19.3 Å². The topological polar surface area (TPSA) is 84.9 Å². The van der Waals surface area contributed by atoms with Gasteiger partial charge in [-0.2, -0.15) is 0 Å². The first kappa shape index (κ1) is 20.2. The van der Waals surface area contributed by atoms with Crippen LogP contribution in [0.5, 0.6) is 11.5 Å². The average Bonchev–Trinajstić information content (AvgIpc) is 3.27. The van der Waals surface area contributed by atoms with E-state index in [1.807, 2.05) is 0 Å². The van der Waals surface area contributed by atoms with Gasteiger partial charge >= 0.3 is 0 Å². The number of carbonyl (C=O) groups excluding carboxylic acids is 3. The Morgan fingerprint density at radius 3 is 2.80 bits per heavy atom. The van der Waals surface area contributed by atoms with Crippen molar-refractivity contribution in [1.29, 1.82) is 0 Å². The van der Waals surface area contributed by atoms with E-state index in [-0.39, 0.29) is 35.4 Å². The predicted octanol–water partition coefficient (Wildman–Crippen LogP) is 3.67. The van der Waals surface area contributed by atoms with E-state index in [9.17, 15) is 18.8 Å². The summed E-state index contributed by atoms with van der Waals surface area (Å²) in [6.45, 7) is 0.0846. The second-order valence-electron chi connectivity index (χ2n) is 6.33. The van der Waals surface area contributed by atoms with Gasteiger partial charge in [-0.15, -0.1) is 0 Å². The number of amides is 3. The zero-order valence-electron chi connectivity index (χ0n) is 15.3. The smallest absolute Gasteiger partial charge is 0.293 e. The minimum absolute atomic E-state index is 0.0176. The van der Waals surface area contributed by atoms with Crippen LogP contribution in [0.4, 0.5) is 9.18 Å². The van der Waals surface area contributed by atoms with Gasteiger partial charge in [0.15, 0.2) is 11.5 Å². The number of benzene rings is 2. The van der Waals surface area contributed by atoms with Gasteiger partial charge in [0.05, 0.1) is 10.5 Å². The molecule has 2 aliphatic rings. The molecular formula is C20H14ClFN2O5S. The third-order valence-electron chi connectivity index (χ3n) is 4.36. The molecule has 0 aromatic heterocycles. The molecule has 2 aromatic carbocycles. The van der Waals surface area contributed by atoms with Crippen molar-refractivity contribution in [1.82, 2.24) is 10.2 Å². The molecule has 1 N–H and O–H groups in total. The highest BCUT2D eigenvalue weighted by Gasteiger charge is 2.34. The molecule has 0 bridgehead atoms. The maximum atomic E-state index is 13.8. The van der Waals surface area contributed by atoms with Crippen LogP contribution in [0.2, 0.25) is 5.02 Å². The van der Waals surface area contributed by atoms with E-state index in [1.165, 1.54) is 12.1 Å². The van der Waals surface area contributed by atoms with E-state index in [2.05, 4.69) is 5.32 Å². The summed E-state index contributed by atoms with van der Waals surface area (Å²) in [6, 6.07) is 8.90. The Morgan fingerprint density at radius 2 is 2.00 bits per heavy atom. The van der Waals surface area contributed by atoms with E-state index in [1.54, 1.807) is 24.3 Å². The molecule has 4 rings (SSSR count). The maximum absolute atomic E-state index is 13.8. The van der Waals surface area contributed by atoms with Crippen LogP contribution in [0.1, 0.15) is 15.9 Å². The fourth-order valence-electron chi connectivity index (χ4n) is 2.90. The van der Waals surface area contributed by atoms with Crippen LogP contribution >= 0.6 is 23.4 Å². The van der Waals surface area contributed by atoms with Crippen LogP contribution in [0.15, 0.2) is 41.3 Å². The zero-order valence-corrected chi connectivity index (χ0v) is 16.9. The van der Waals surface area contributed by atoms with Gasteiger partial charge in [-0.25, -0.2) is 4.39 Å². The number of rotatable bonds is 5. The Hall–Kier alpha value is -3.04. The van der Waals surface area contributed by atoms with E-state index in [0.29, 0.717) is 17.1 Å². The molecule has 0 atom stereocenters. The number of nitrogens with one attached hydrogen (secondary N) is 1. The van der Waals surface area contributed by atoms with Crippen molar-refractivity contribution in [2.45, 2.75) is 0 Å². The molecule has 10 heteroatoms. The number of carbonyl (C=O) groups is 3. The zero-order chi connectivity index (χ0) is 21.3. The second-order valence-corrected chi connectivity index (χ2v) is 7.76. The van der Waals surface area contributed by atoms with Crippen molar-refractivity contribution in [2.75, 3.05) is 19.9 Å². The van der Waals surface area contributed by atoms with Crippen molar-refractivity contribution in [2.24, 2.45) is 0 Å². The molecule has 3 amide bonds. The number of halogens is 2. The van der Waals surface area contributed by atoms with E-state index >= 15 is 0 Å². The summed E-state index contributed by atoms with van der Waals surface area (Å²) >= 11 is 6.48. The van der Waals surface area contributed by atoms with Crippen LogP contribution in [-0.4, -0.2) is 41.8 Å². The SMILES string of the molecule is O=C(NCCN1C(=O)SC(=Cc2ccc3c(c2)OCO3)C1=O)c1ccc(Cl)cc1F. The number of hydrogen-bond donors (Lipinski definition) is 1. The van der Waals surface area contributed by atoms with Gasteiger partial charge in [0, 0.05) is 18.1 Å². The lowest BCUT2D eigenvalue weighted by atomic mass is 10.2. The first-order valence-electron chi connectivity index (χ1n) is 8.80. The summed E-state index contributed by atoms with van der Waals surface area (Å²) in [5.41, 5.74) is 0.521. The van der Waals surface area contributed by atoms with Crippen LogP contribution in [-0.2, 0) is 4.79 Å². The first-order valence-corrected chi connectivity index (χ1v) is 10.00. The van der Waals surface area contributed by atoms with E-state index in [0.717, 1.165) is 22.7 Å². The lowest BCUT2D eigenvalue weighted by Gasteiger charge is -2.13. The molecule has 0 aliphatic carbocycles. The Morgan fingerprint density at radius 1 is 1.20 bits per heavy atom. The molecule has 0 saturated carbocycles. The number of thioether (sulfide) groups is 1. The Bertz CT molecular complexity index is 1090. The fourth-order valence-corrected chi connectivity index (χ4v) is 3.92. The standard InChI is InChI=1S/C20H14ClFN2O5S/c21-12-2-3-13(14(22)9-12)18(25)23-5-6-24-19(26)17(30-20(24)27)8-11-1-4-15-16(7-11)29-10-28-15/h1-4,7-9H,5-6,10H2,(H,23,25). The van der Waals surface area contributed by atoms with Gasteiger partial charge < -0.3 is 14.8 Å². The first-order chi connectivity index (χ1) is 14.4. The van der Waals surface area contributed by atoms with Gasteiger partial charge in [-0.1, -0.05) is 17.7 Å². The van der Waals surface area contributed by atoms with Gasteiger partial charge in [0.1, 0.15) is 5.82 Å². The molecule has 7 nitrogen and oxygen atoms in total. The highest BCUT2D eigenvalue weighted by atomic mass is 35.5. The molecule has 0 spiro atoms. The Kier molecular flexibility index (Phi) is 5.65. The number of ether oxygens (including phenoxy) is 2. The fraction of sp³-hybridized carbons (Fsp3) is 0.150. The van der Waals surface area contributed by atoms with E-state index < -0.39 is 22.9 Å². The number of nitrogens with zero attached hydrogens (tertiary/aromatic N) is 1. The quantitative estimate of drug-likeness (QED) is 0.702. The summed E-state index contributed by atoms with van der Waals surface area (Å²) < 4.78 is 24.4. The van der Waals surface area contributed by atoms with Crippen LogP contribution in [0.25, 0.3) is 6.08 Å². The third-order valence-corrected chi connectivity index (χ3v) is 5.51. The van der Waals surface area contributed by atoms with Gasteiger partial charge in [-0.05, 0) is 53.7 Å². The molecular weight excluding hydrogens is 435 g/mol.